The van der Waals surface area contributed by atoms with Crippen molar-refractivity contribution in [2.24, 2.45) is 0 Å². The first-order chi connectivity index (χ1) is 17.0. The van der Waals surface area contributed by atoms with Crippen LogP contribution in [0.2, 0.25) is 5.02 Å². The van der Waals surface area contributed by atoms with E-state index in [-0.39, 0.29) is 17.4 Å². The first-order valence-electron chi connectivity index (χ1n) is 13.3. The van der Waals surface area contributed by atoms with Gasteiger partial charge in [0, 0.05) is 47.8 Å². The number of amides is 1. The van der Waals surface area contributed by atoms with Crippen molar-refractivity contribution in [3.63, 3.8) is 0 Å². The van der Waals surface area contributed by atoms with Gasteiger partial charge in [-0.15, -0.1) is 0 Å². The highest BCUT2D eigenvalue weighted by Crippen LogP contribution is 2.48. The molecule has 198 valence electrons. The highest BCUT2D eigenvalue weighted by Gasteiger charge is 2.43. The Bertz CT molecular complexity index is 1030. The van der Waals surface area contributed by atoms with Gasteiger partial charge in [-0.1, -0.05) is 23.8 Å². The maximum atomic E-state index is 13.1. The number of rotatable bonds is 7. The molecule has 3 aliphatic rings. The van der Waals surface area contributed by atoms with E-state index in [2.05, 4.69) is 49.8 Å². The van der Waals surface area contributed by atoms with Crippen LogP contribution in [0.15, 0.2) is 35.6 Å². The van der Waals surface area contributed by atoms with Crippen LogP contribution in [0.25, 0.3) is 0 Å². The Balaban J connectivity index is 1.53. The Morgan fingerprint density at radius 2 is 2.03 bits per heavy atom. The van der Waals surface area contributed by atoms with Gasteiger partial charge in [0.2, 0.25) is 5.91 Å². The van der Waals surface area contributed by atoms with Crippen molar-refractivity contribution in [1.29, 1.82) is 0 Å². The van der Waals surface area contributed by atoms with Crippen molar-refractivity contribution < 1.29 is 14.3 Å². The summed E-state index contributed by atoms with van der Waals surface area (Å²) >= 11 is 6.88. The number of allylic oxidation sites excluding steroid dienone is 2. The lowest BCUT2D eigenvalue weighted by Gasteiger charge is -2.49. The molecule has 36 heavy (non-hydrogen) atoms. The predicted molar refractivity (Wildman–Crippen MR) is 145 cm³/mol. The average Bonchev–Trinajstić information content (AvgIpc) is 3.34. The predicted octanol–water partition coefficient (Wildman–Crippen LogP) is 5.24. The molecule has 3 heterocycles. The zero-order chi connectivity index (χ0) is 26.1. The number of carbonyl (C=O) groups excluding carboxylic acids is 1. The van der Waals surface area contributed by atoms with E-state index in [1.807, 2.05) is 19.1 Å². The van der Waals surface area contributed by atoms with Crippen molar-refractivity contribution in [2.45, 2.75) is 83.9 Å². The Morgan fingerprint density at radius 1 is 1.31 bits per heavy atom. The molecule has 6 nitrogen and oxygen atoms in total. The molecular weight excluding hydrogens is 474 g/mol. The highest BCUT2D eigenvalue weighted by molar-refractivity contribution is 6.31. The van der Waals surface area contributed by atoms with Gasteiger partial charge in [0.25, 0.3) is 0 Å². The molecule has 7 heteroatoms. The number of nitrogens with one attached hydrogen (secondary N) is 2. The van der Waals surface area contributed by atoms with E-state index in [9.17, 15) is 4.79 Å². The average molecular weight is 516 g/mol. The maximum Gasteiger partial charge on any atom is 0.250 e. The minimum absolute atomic E-state index is 0.0288. The van der Waals surface area contributed by atoms with Crippen LogP contribution in [0, 0.1) is 6.92 Å². The van der Waals surface area contributed by atoms with Gasteiger partial charge in [0.15, 0.2) is 0 Å². The fraction of sp³-hybridized carbons (Fsp3) is 0.621. The summed E-state index contributed by atoms with van der Waals surface area (Å²) < 4.78 is 11.8. The summed E-state index contributed by atoms with van der Waals surface area (Å²) in [6.45, 7) is 18.8. The fourth-order valence-electron chi connectivity index (χ4n) is 6.05. The van der Waals surface area contributed by atoms with E-state index < -0.39 is 5.66 Å². The molecule has 0 radical (unpaired) electrons. The van der Waals surface area contributed by atoms with Gasteiger partial charge in [-0.2, -0.15) is 0 Å². The van der Waals surface area contributed by atoms with Gasteiger partial charge >= 0.3 is 0 Å². The number of carbonyl (C=O) groups is 1. The number of hydrogen-bond acceptors (Lipinski definition) is 5. The Morgan fingerprint density at radius 3 is 2.64 bits per heavy atom. The highest BCUT2D eigenvalue weighted by atomic mass is 35.5. The second-order valence-corrected chi connectivity index (χ2v) is 11.6. The minimum atomic E-state index is -0.463. The monoisotopic (exact) mass is 515 g/mol. The molecule has 1 aromatic rings. The van der Waals surface area contributed by atoms with E-state index >= 15 is 0 Å². The first kappa shape index (κ1) is 27.0. The zero-order valence-electron chi connectivity index (χ0n) is 22.6. The van der Waals surface area contributed by atoms with Crippen LogP contribution in [-0.2, 0) is 14.9 Å². The van der Waals surface area contributed by atoms with Gasteiger partial charge in [-0.05, 0) is 83.6 Å². The summed E-state index contributed by atoms with van der Waals surface area (Å²) in [5.41, 5.74) is 4.49. The summed E-state index contributed by atoms with van der Waals surface area (Å²) in [4.78, 5) is 15.5. The Hall–Kier alpha value is -2.02. The summed E-state index contributed by atoms with van der Waals surface area (Å²) in [6, 6.07) is 3.95. The largest absolute Gasteiger partial charge is 0.488 e. The lowest BCUT2D eigenvalue weighted by atomic mass is 9.67. The van der Waals surface area contributed by atoms with Crippen molar-refractivity contribution >= 4 is 17.5 Å². The summed E-state index contributed by atoms with van der Waals surface area (Å²) in [5, 5.41) is 7.39. The zero-order valence-corrected chi connectivity index (χ0v) is 23.3. The van der Waals surface area contributed by atoms with Crippen LogP contribution >= 0.6 is 11.6 Å². The molecule has 2 saturated heterocycles. The summed E-state index contributed by atoms with van der Waals surface area (Å²) in [5.74, 6) is 0.909. The van der Waals surface area contributed by atoms with E-state index in [0.717, 1.165) is 97.1 Å². The number of benzene rings is 1. The number of halogens is 1. The molecule has 0 saturated carbocycles. The van der Waals surface area contributed by atoms with Crippen LogP contribution in [0.1, 0.15) is 70.9 Å². The van der Waals surface area contributed by atoms with Crippen molar-refractivity contribution in [1.82, 2.24) is 15.5 Å². The number of hydrogen-bond donors (Lipinski definition) is 2. The number of piperidine rings is 1. The third kappa shape index (κ3) is 5.32. The van der Waals surface area contributed by atoms with Gasteiger partial charge in [0.1, 0.15) is 11.9 Å². The van der Waals surface area contributed by atoms with Crippen LogP contribution in [-0.4, -0.2) is 55.4 Å². The Kier molecular flexibility index (Phi) is 8.08. The molecule has 0 aliphatic carbocycles. The standard InChI is InChI=1S/C29H42ClN3O3/c1-19(2)29(26-20(3)25(10-9-24(26)30)36-22-11-17-35-18-22)12-15-33(16-13-29)28(5,6)32-27(34)23-8-7-14-31-21(23)4/h9-10,22,31H,1,7-8,11-18H2,2-6H3,(H,32,34). The van der Waals surface area contributed by atoms with Gasteiger partial charge < -0.3 is 20.1 Å². The molecule has 3 aliphatic heterocycles. The van der Waals surface area contributed by atoms with Crippen molar-refractivity contribution in [2.75, 3.05) is 32.8 Å². The quantitative estimate of drug-likeness (QED) is 0.486. The van der Waals surface area contributed by atoms with Crippen LogP contribution in [0.5, 0.6) is 5.75 Å². The Labute approximate surface area is 221 Å². The molecule has 2 N–H and O–H groups in total. The molecule has 0 bridgehead atoms. The third-order valence-corrected chi connectivity index (χ3v) is 8.70. The fourth-order valence-corrected chi connectivity index (χ4v) is 6.43. The first-order valence-corrected chi connectivity index (χ1v) is 13.6. The molecule has 1 unspecified atom stereocenters. The lowest BCUT2D eigenvalue weighted by molar-refractivity contribution is -0.122. The third-order valence-electron chi connectivity index (χ3n) is 8.39. The second-order valence-electron chi connectivity index (χ2n) is 11.1. The van der Waals surface area contributed by atoms with Crippen LogP contribution < -0.4 is 15.4 Å². The van der Waals surface area contributed by atoms with Crippen LogP contribution in [0.3, 0.4) is 0 Å². The molecule has 0 spiro atoms. The van der Waals surface area contributed by atoms with Gasteiger partial charge in [0.05, 0.1) is 18.9 Å². The molecule has 1 aromatic carbocycles. The molecule has 4 rings (SSSR count). The van der Waals surface area contributed by atoms with Crippen LogP contribution in [0.4, 0.5) is 0 Å². The number of likely N-dealkylation sites (tertiary alicyclic amines) is 1. The van der Waals surface area contributed by atoms with Crippen molar-refractivity contribution in [3.8, 4) is 5.75 Å². The maximum absolute atomic E-state index is 13.1. The topological polar surface area (TPSA) is 62.8 Å². The van der Waals surface area contributed by atoms with Gasteiger partial charge in [-0.25, -0.2) is 0 Å². The van der Waals surface area contributed by atoms with E-state index in [1.54, 1.807) is 0 Å². The summed E-state index contributed by atoms with van der Waals surface area (Å²) in [6.07, 6.45) is 4.56. The molecule has 1 amide bonds. The van der Waals surface area contributed by atoms with E-state index in [4.69, 9.17) is 21.1 Å². The molecular formula is C29H42ClN3O3. The van der Waals surface area contributed by atoms with E-state index in [0.29, 0.717) is 6.61 Å². The normalized spacial score (nSPS) is 22.8. The SMILES string of the molecule is C=C(C)C1(c2c(Cl)ccc(OC3CCOC3)c2C)CCN(C(C)(C)NC(=O)C2=C(C)NCCC2)CC1. The van der Waals surface area contributed by atoms with Crippen molar-refractivity contribution in [3.05, 3.63) is 51.7 Å². The number of ether oxygens (including phenoxy) is 2. The molecule has 2 fully saturated rings. The smallest absolute Gasteiger partial charge is 0.250 e. The second kappa shape index (κ2) is 10.8. The molecule has 0 aromatic heterocycles. The van der Waals surface area contributed by atoms with Gasteiger partial charge in [-0.3, -0.25) is 9.69 Å². The minimum Gasteiger partial charge on any atom is -0.488 e. The lowest BCUT2D eigenvalue weighted by Crippen LogP contribution is -2.60. The summed E-state index contributed by atoms with van der Waals surface area (Å²) in [7, 11) is 0. The molecule has 1 atom stereocenters. The number of nitrogens with zero attached hydrogens (tertiary/aromatic N) is 1. The van der Waals surface area contributed by atoms with E-state index in [1.165, 1.54) is 0 Å².